The number of phenols is 1. The monoisotopic (exact) mass is 234 g/mol. The molecule has 90 valence electrons. The summed E-state index contributed by atoms with van der Waals surface area (Å²) >= 11 is 0. The lowest BCUT2D eigenvalue weighted by Gasteiger charge is -2.02. The van der Waals surface area contributed by atoms with Crippen LogP contribution in [0.25, 0.3) is 11.5 Å². The lowest BCUT2D eigenvalue weighted by atomic mass is 10.1. The second-order valence-corrected chi connectivity index (χ2v) is 3.81. The fourth-order valence-electron chi connectivity index (χ4n) is 1.45. The van der Waals surface area contributed by atoms with Crippen LogP contribution >= 0.6 is 0 Å². The smallest absolute Gasteiger partial charge is 0.261 e. The Morgan fingerprint density at radius 1 is 1.41 bits per heavy atom. The van der Waals surface area contributed by atoms with E-state index in [1.807, 2.05) is 26.0 Å². The van der Waals surface area contributed by atoms with E-state index in [1.54, 1.807) is 13.2 Å². The molecule has 1 heterocycles. The van der Waals surface area contributed by atoms with Crippen LogP contribution in [0.3, 0.4) is 0 Å². The van der Waals surface area contributed by atoms with Gasteiger partial charge >= 0.3 is 0 Å². The molecule has 17 heavy (non-hydrogen) atoms. The quantitative estimate of drug-likeness (QED) is 0.883. The minimum Gasteiger partial charge on any atom is -0.507 e. The molecule has 0 saturated heterocycles. The zero-order chi connectivity index (χ0) is 12.4. The minimum absolute atomic E-state index is 0.160. The van der Waals surface area contributed by atoms with Crippen LogP contribution in [0.2, 0.25) is 0 Å². The van der Waals surface area contributed by atoms with Crippen molar-refractivity contribution in [3.05, 3.63) is 29.6 Å². The van der Waals surface area contributed by atoms with Gasteiger partial charge in [0.2, 0.25) is 5.82 Å². The van der Waals surface area contributed by atoms with Crippen LogP contribution in [0.15, 0.2) is 22.7 Å². The summed E-state index contributed by atoms with van der Waals surface area (Å²) in [5.74, 6) is 0.918. The molecule has 1 aromatic heterocycles. The molecule has 0 radical (unpaired) electrons. The number of aromatic hydroxyl groups is 1. The standard InChI is InChI=1S/C12H14N2O3/c1-7-5-4-6-9(10(7)15)12-13-11(14-17-12)8(2)16-3/h4-6,8,15H,1-3H3. The Kier molecular flexibility index (Phi) is 3.10. The SMILES string of the molecule is COC(C)c1noc(-c2cccc(C)c2O)n1. The van der Waals surface area contributed by atoms with Crippen LogP contribution in [0.4, 0.5) is 0 Å². The van der Waals surface area contributed by atoms with Crippen molar-refractivity contribution in [2.75, 3.05) is 7.11 Å². The Hall–Kier alpha value is -1.88. The van der Waals surface area contributed by atoms with Gasteiger partial charge in [-0.05, 0) is 25.5 Å². The largest absolute Gasteiger partial charge is 0.507 e. The number of hydrogen-bond acceptors (Lipinski definition) is 5. The second-order valence-electron chi connectivity index (χ2n) is 3.81. The third-order valence-corrected chi connectivity index (χ3v) is 2.63. The number of ether oxygens (including phenoxy) is 1. The van der Waals surface area contributed by atoms with E-state index < -0.39 is 0 Å². The van der Waals surface area contributed by atoms with E-state index in [1.165, 1.54) is 0 Å². The molecule has 0 aliphatic carbocycles. The molecule has 0 spiro atoms. The summed E-state index contributed by atoms with van der Waals surface area (Å²) in [6.07, 6.45) is -0.237. The Bertz CT molecular complexity index is 522. The highest BCUT2D eigenvalue weighted by molar-refractivity contribution is 5.64. The van der Waals surface area contributed by atoms with Crippen LogP contribution in [0.1, 0.15) is 24.4 Å². The number of methoxy groups -OCH3 is 1. The summed E-state index contributed by atoms with van der Waals surface area (Å²) in [4.78, 5) is 4.19. The maximum atomic E-state index is 9.90. The Morgan fingerprint density at radius 2 is 2.18 bits per heavy atom. The van der Waals surface area contributed by atoms with Crippen LogP contribution < -0.4 is 0 Å². The van der Waals surface area contributed by atoms with E-state index in [2.05, 4.69) is 10.1 Å². The molecule has 1 unspecified atom stereocenters. The first-order valence-electron chi connectivity index (χ1n) is 5.29. The number of benzene rings is 1. The topological polar surface area (TPSA) is 68.4 Å². The highest BCUT2D eigenvalue weighted by atomic mass is 16.5. The molecule has 1 aromatic carbocycles. The fraction of sp³-hybridized carbons (Fsp3) is 0.333. The van der Waals surface area contributed by atoms with Crippen molar-refractivity contribution in [1.82, 2.24) is 10.1 Å². The second kappa shape index (κ2) is 4.55. The maximum Gasteiger partial charge on any atom is 0.261 e. The van der Waals surface area contributed by atoms with Crippen molar-refractivity contribution >= 4 is 0 Å². The van der Waals surface area contributed by atoms with E-state index in [0.29, 0.717) is 17.3 Å². The molecule has 0 aliphatic rings. The Morgan fingerprint density at radius 3 is 2.88 bits per heavy atom. The van der Waals surface area contributed by atoms with Gasteiger partial charge < -0.3 is 14.4 Å². The van der Waals surface area contributed by atoms with Crippen molar-refractivity contribution in [2.24, 2.45) is 0 Å². The summed E-state index contributed by atoms with van der Waals surface area (Å²) in [6.45, 7) is 3.64. The van der Waals surface area contributed by atoms with Gasteiger partial charge in [-0.1, -0.05) is 17.3 Å². The van der Waals surface area contributed by atoms with Gasteiger partial charge in [-0.3, -0.25) is 0 Å². The highest BCUT2D eigenvalue weighted by Gasteiger charge is 2.17. The van der Waals surface area contributed by atoms with E-state index in [0.717, 1.165) is 5.56 Å². The van der Waals surface area contributed by atoms with Crippen molar-refractivity contribution in [3.63, 3.8) is 0 Å². The fourth-order valence-corrected chi connectivity index (χ4v) is 1.45. The lowest BCUT2D eigenvalue weighted by molar-refractivity contribution is 0.109. The number of rotatable bonds is 3. The Labute approximate surface area is 99.0 Å². The zero-order valence-electron chi connectivity index (χ0n) is 9.97. The molecule has 2 aromatic rings. The van der Waals surface area contributed by atoms with Gasteiger partial charge in [0, 0.05) is 7.11 Å². The normalized spacial score (nSPS) is 12.6. The summed E-state index contributed by atoms with van der Waals surface area (Å²) in [6, 6.07) is 5.37. The molecule has 5 heteroatoms. The van der Waals surface area contributed by atoms with E-state index in [4.69, 9.17) is 9.26 Å². The zero-order valence-corrected chi connectivity index (χ0v) is 9.97. The molecule has 0 bridgehead atoms. The molecular formula is C12H14N2O3. The van der Waals surface area contributed by atoms with E-state index in [9.17, 15) is 5.11 Å². The van der Waals surface area contributed by atoms with Crippen LogP contribution in [-0.4, -0.2) is 22.4 Å². The third-order valence-electron chi connectivity index (χ3n) is 2.63. The number of hydrogen-bond donors (Lipinski definition) is 1. The summed E-state index contributed by atoms with van der Waals surface area (Å²) in [7, 11) is 1.57. The van der Waals surface area contributed by atoms with Gasteiger partial charge in [-0.2, -0.15) is 4.98 Å². The molecule has 0 aliphatic heterocycles. The number of nitrogens with zero attached hydrogens (tertiary/aromatic N) is 2. The van der Waals surface area contributed by atoms with Gasteiger partial charge in [0.25, 0.3) is 5.89 Å². The summed E-state index contributed by atoms with van der Waals surface area (Å²) in [5, 5.41) is 13.7. The van der Waals surface area contributed by atoms with Crippen molar-refractivity contribution < 1.29 is 14.4 Å². The summed E-state index contributed by atoms with van der Waals surface area (Å²) < 4.78 is 10.2. The molecule has 0 amide bonds. The van der Waals surface area contributed by atoms with E-state index >= 15 is 0 Å². The number of aryl methyl sites for hydroxylation is 1. The van der Waals surface area contributed by atoms with Gasteiger partial charge in [0.1, 0.15) is 11.9 Å². The predicted molar refractivity (Wildman–Crippen MR) is 61.6 cm³/mol. The third kappa shape index (κ3) is 2.14. The van der Waals surface area contributed by atoms with Crippen LogP contribution in [-0.2, 0) is 4.74 Å². The molecule has 1 N–H and O–H groups in total. The molecule has 0 fully saturated rings. The van der Waals surface area contributed by atoms with Gasteiger partial charge in [-0.15, -0.1) is 0 Å². The van der Waals surface area contributed by atoms with Crippen molar-refractivity contribution in [2.45, 2.75) is 20.0 Å². The van der Waals surface area contributed by atoms with Crippen LogP contribution in [0, 0.1) is 6.92 Å². The lowest BCUT2D eigenvalue weighted by Crippen LogP contribution is -1.97. The van der Waals surface area contributed by atoms with Gasteiger partial charge in [0.05, 0.1) is 5.56 Å². The average molecular weight is 234 g/mol. The number of para-hydroxylation sites is 1. The Balaban J connectivity index is 2.40. The predicted octanol–water partition coefficient (Wildman–Crippen LogP) is 2.46. The average Bonchev–Trinajstić information content (AvgIpc) is 2.81. The molecule has 5 nitrogen and oxygen atoms in total. The first kappa shape index (κ1) is 11.6. The van der Waals surface area contributed by atoms with Gasteiger partial charge in [0.15, 0.2) is 0 Å². The van der Waals surface area contributed by atoms with Crippen molar-refractivity contribution in [1.29, 1.82) is 0 Å². The van der Waals surface area contributed by atoms with Crippen LogP contribution in [0.5, 0.6) is 5.75 Å². The van der Waals surface area contributed by atoms with E-state index in [-0.39, 0.29) is 11.9 Å². The molecule has 1 atom stereocenters. The minimum atomic E-state index is -0.237. The molecular weight excluding hydrogens is 220 g/mol. The number of aromatic nitrogens is 2. The highest BCUT2D eigenvalue weighted by Crippen LogP contribution is 2.31. The van der Waals surface area contributed by atoms with Crippen molar-refractivity contribution in [3.8, 4) is 17.2 Å². The molecule has 2 rings (SSSR count). The first-order valence-corrected chi connectivity index (χ1v) is 5.29. The van der Waals surface area contributed by atoms with Gasteiger partial charge in [-0.25, -0.2) is 0 Å². The molecule has 0 saturated carbocycles. The number of phenolic OH excluding ortho intramolecular Hbond substituents is 1. The first-order chi connectivity index (χ1) is 8.13. The maximum absolute atomic E-state index is 9.90. The summed E-state index contributed by atoms with van der Waals surface area (Å²) in [5.41, 5.74) is 1.30.